The van der Waals surface area contributed by atoms with E-state index in [-0.39, 0.29) is 5.92 Å². The normalized spacial score (nSPS) is 18.9. The number of nitrogens with zero attached hydrogens (tertiary/aromatic N) is 1. The molecule has 0 saturated carbocycles. The highest BCUT2D eigenvalue weighted by Crippen LogP contribution is 2.32. The van der Waals surface area contributed by atoms with Gasteiger partial charge in [0.05, 0.1) is 11.6 Å². The van der Waals surface area contributed by atoms with Crippen LogP contribution >= 0.6 is 0 Å². The third-order valence-electron chi connectivity index (χ3n) is 2.97. The molecular weight excluding hydrogens is 188 g/mol. The first-order valence-electron chi connectivity index (χ1n) is 5.44. The van der Waals surface area contributed by atoms with E-state index in [2.05, 4.69) is 16.4 Å². The second kappa shape index (κ2) is 4.53. The summed E-state index contributed by atoms with van der Waals surface area (Å²) in [6.07, 6.45) is 4.33. The van der Waals surface area contributed by atoms with Crippen LogP contribution < -0.4 is 5.32 Å². The minimum atomic E-state index is 0.0505. The van der Waals surface area contributed by atoms with Crippen LogP contribution in [0.4, 0.5) is 0 Å². The number of fused-ring (bicyclic) bond motifs is 1. The molecule has 0 bridgehead atoms. The summed E-state index contributed by atoms with van der Waals surface area (Å²) >= 11 is 0. The Morgan fingerprint density at radius 2 is 2.53 bits per heavy atom. The largest absolute Gasteiger partial charge is 0.319 e. The van der Waals surface area contributed by atoms with Gasteiger partial charge in [0.2, 0.25) is 0 Å². The molecule has 1 aliphatic carbocycles. The first-order chi connectivity index (χ1) is 7.33. The molecule has 0 aliphatic heterocycles. The summed E-state index contributed by atoms with van der Waals surface area (Å²) in [6, 6.07) is 4.02. The van der Waals surface area contributed by atoms with Gasteiger partial charge in [0.15, 0.2) is 0 Å². The molecule has 0 saturated heterocycles. The summed E-state index contributed by atoms with van der Waals surface area (Å²) in [5.74, 6) is 0.372. The lowest BCUT2D eigenvalue weighted by atomic mass is 9.99. The van der Waals surface area contributed by atoms with E-state index in [0.29, 0.717) is 12.2 Å². The molecule has 1 atom stereocenters. The fraction of sp³-hybridized carbons (Fsp3) is 0.500. The van der Waals surface area contributed by atoms with Crippen molar-refractivity contribution in [2.75, 3.05) is 13.6 Å². The average molecular weight is 204 g/mol. The first-order valence-corrected chi connectivity index (χ1v) is 5.44. The predicted molar refractivity (Wildman–Crippen MR) is 58.8 cm³/mol. The van der Waals surface area contributed by atoms with E-state index in [1.54, 1.807) is 6.20 Å². The van der Waals surface area contributed by atoms with Crippen LogP contribution in [-0.2, 0) is 11.2 Å². The number of carbonyl (C=O) groups is 1. The van der Waals surface area contributed by atoms with Gasteiger partial charge in [-0.15, -0.1) is 0 Å². The quantitative estimate of drug-likeness (QED) is 0.803. The summed E-state index contributed by atoms with van der Waals surface area (Å²) < 4.78 is 0. The Kier molecular flexibility index (Phi) is 3.11. The van der Waals surface area contributed by atoms with Gasteiger partial charge in [-0.3, -0.25) is 9.78 Å². The van der Waals surface area contributed by atoms with Crippen molar-refractivity contribution in [2.45, 2.75) is 25.2 Å². The molecule has 15 heavy (non-hydrogen) atoms. The summed E-state index contributed by atoms with van der Waals surface area (Å²) in [5.41, 5.74) is 2.26. The minimum Gasteiger partial charge on any atom is -0.319 e. The lowest BCUT2D eigenvalue weighted by Gasteiger charge is -2.08. The third kappa shape index (κ3) is 2.07. The van der Waals surface area contributed by atoms with Crippen LogP contribution in [0, 0.1) is 0 Å². The lowest BCUT2D eigenvalue weighted by Crippen LogP contribution is -2.17. The van der Waals surface area contributed by atoms with E-state index >= 15 is 0 Å². The van der Waals surface area contributed by atoms with E-state index in [9.17, 15) is 4.79 Å². The zero-order valence-corrected chi connectivity index (χ0v) is 8.99. The van der Waals surface area contributed by atoms with Crippen molar-refractivity contribution in [2.24, 2.45) is 0 Å². The Morgan fingerprint density at radius 1 is 1.67 bits per heavy atom. The zero-order chi connectivity index (χ0) is 10.7. The topological polar surface area (TPSA) is 42.0 Å². The monoisotopic (exact) mass is 204 g/mol. The second-order valence-corrected chi connectivity index (χ2v) is 3.96. The van der Waals surface area contributed by atoms with Crippen LogP contribution in [0.2, 0.25) is 0 Å². The highest BCUT2D eigenvalue weighted by atomic mass is 16.1. The number of ketones is 1. The molecule has 1 N–H and O–H groups in total. The smallest absolute Gasteiger partial charge is 0.143 e. The van der Waals surface area contributed by atoms with Gasteiger partial charge in [-0.1, -0.05) is 6.07 Å². The van der Waals surface area contributed by atoms with Crippen LogP contribution in [0.5, 0.6) is 0 Å². The van der Waals surface area contributed by atoms with Gasteiger partial charge in [-0.2, -0.15) is 0 Å². The van der Waals surface area contributed by atoms with Crippen molar-refractivity contribution in [1.82, 2.24) is 10.3 Å². The van der Waals surface area contributed by atoms with E-state index in [1.165, 1.54) is 5.56 Å². The molecule has 0 radical (unpaired) electrons. The molecule has 1 aromatic rings. The highest BCUT2D eigenvalue weighted by molar-refractivity contribution is 5.86. The molecule has 80 valence electrons. The van der Waals surface area contributed by atoms with Crippen LogP contribution in [-0.4, -0.2) is 24.4 Å². The van der Waals surface area contributed by atoms with Crippen LogP contribution in [0.15, 0.2) is 18.3 Å². The Hall–Kier alpha value is -1.22. The number of Topliss-reactive ketones (excluding diaryl/α,β-unsaturated/α-hetero) is 1. The Labute approximate surface area is 89.9 Å². The molecule has 3 heteroatoms. The van der Waals surface area contributed by atoms with Gasteiger partial charge in [-0.05, 0) is 31.5 Å². The van der Waals surface area contributed by atoms with Gasteiger partial charge in [0, 0.05) is 19.2 Å². The van der Waals surface area contributed by atoms with Gasteiger partial charge >= 0.3 is 0 Å². The maximum atomic E-state index is 11.9. The molecule has 0 amide bonds. The zero-order valence-electron chi connectivity index (χ0n) is 8.99. The van der Waals surface area contributed by atoms with E-state index in [1.807, 2.05) is 13.1 Å². The molecule has 3 nitrogen and oxygen atoms in total. The van der Waals surface area contributed by atoms with Gasteiger partial charge in [-0.25, -0.2) is 0 Å². The number of hydrogen-bond donors (Lipinski definition) is 1. The van der Waals surface area contributed by atoms with Gasteiger partial charge < -0.3 is 5.32 Å². The number of nitrogens with one attached hydrogen (secondary N) is 1. The van der Waals surface area contributed by atoms with Crippen molar-refractivity contribution in [3.05, 3.63) is 29.6 Å². The molecule has 1 aromatic heterocycles. The summed E-state index contributed by atoms with van der Waals surface area (Å²) in [6.45, 7) is 0.761. The number of hydrogen-bond acceptors (Lipinski definition) is 3. The van der Waals surface area contributed by atoms with Crippen molar-refractivity contribution in [3.8, 4) is 0 Å². The average Bonchev–Trinajstić information content (AvgIpc) is 2.69. The summed E-state index contributed by atoms with van der Waals surface area (Å²) in [4.78, 5) is 16.2. The van der Waals surface area contributed by atoms with Crippen molar-refractivity contribution in [3.63, 3.8) is 0 Å². The summed E-state index contributed by atoms with van der Waals surface area (Å²) in [7, 11) is 1.87. The van der Waals surface area contributed by atoms with E-state index in [4.69, 9.17) is 0 Å². The van der Waals surface area contributed by atoms with E-state index < -0.39 is 0 Å². The predicted octanol–water partition coefficient (Wildman–Crippen LogP) is 1.29. The molecule has 1 aliphatic rings. The molecule has 0 spiro atoms. The van der Waals surface area contributed by atoms with E-state index in [0.717, 1.165) is 25.1 Å². The van der Waals surface area contributed by atoms with Crippen molar-refractivity contribution in [1.29, 1.82) is 0 Å². The Bertz CT molecular complexity index is 362. The van der Waals surface area contributed by atoms with Crippen molar-refractivity contribution < 1.29 is 4.79 Å². The summed E-state index contributed by atoms with van der Waals surface area (Å²) in [5, 5.41) is 3.00. The van der Waals surface area contributed by atoms with Crippen molar-refractivity contribution >= 4 is 5.78 Å². The molecule has 1 unspecified atom stereocenters. The number of rotatable bonds is 4. The molecule has 0 fully saturated rings. The number of pyridine rings is 1. The highest BCUT2D eigenvalue weighted by Gasteiger charge is 2.28. The van der Waals surface area contributed by atoms with Crippen LogP contribution in [0.3, 0.4) is 0 Å². The molecule has 1 heterocycles. The number of carbonyl (C=O) groups excluding carboxylic acids is 1. The van der Waals surface area contributed by atoms with Crippen LogP contribution in [0.1, 0.15) is 30.0 Å². The van der Waals surface area contributed by atoms with Gasteiger partial charge in [0.1, 0.15) is 5.78 Å². The SMILES string of the molecule is CNCCC(=O)C1CCc2cccnc21. The number of aryl methyl sites for hydroxylation is 1. The maximum Gasteiger partial charge on any atom is 0.143 e. The molecule has 2 rings (SSSR count). The fourth-order valence-electron chi connectivity index (χ4n) is 2.15. The Balaban J connectivity index is 2.10. The number of aromatic nitrogens is 1. The second-order valence-electron chi connectivity index (χ2n) is 3.96. The fourth-order valence-corrected chi connectivity index (χ4v) is 2.15. The standard InChI is InChI=1S/C12H16N2O/c1-13-8-6-11(15)10-5-4-9-3-2-7-14-12(9)10/h2-3,7,10,13H,4-6,8H2,1H3. The van der Waals surface area contributed by atoms with Gasteiger partial charge in [0.25, 0.3) is 0 Å². The third-order valence-corrected chi connectivity index (χ3v) is 2.97. The first kappa shape index (κ1) is 10.3. The van der Waals surface area contributed by atoms with Crippen LogP contribution in [0.25, 0.3) is 0 Å². The molecule has 0 aromatic carbocycles. The maximum absolute atomic E-state index is 11.9. The lowest BCUT2D eigenvalue weighted by molar-refractivity contribution is -0.120. The molecular formula is C12H16N2O. The Morgan fingerprint density at radius 3 is 3.33 bits per heavy atom. The minimum absolute atomic E-state index is 0.0505.